The van der Waals surface area contributed by atoms with Gasteiger partial charge in [0.25, 0.3) is 0 Å². The topological polar surface area (TPSA) is 40.9 Å². The van der Waals surface area contributed by atoms with Crippen molar-refractivity contribution in [2.24, 2.45) is 0 Å². The first kappa shape index (κ1) is 16.0. The molecule has 0 aromatic heterocycles. The molecule has 0 bridgehead atoms. The van der Waals surface area contributed by atoms with Crippen LogP contribution in [0.2, 0.25) is 0 Å². The number of nitrogens with one attached hydrogen (secondary N) is 1. The summed E-state index contributed by atoms with van der Waals surface area (Å²) in [6, 6.07) is 0. The average molecular weight is 162 g/mol. The molecule has 0 aliphatic heterocycles. The second kappa shape index (κ2) is 9.13. The van der Waals surface area contributed by atoms with Gasteiger partial charge < -0.3 is 18.0 Å². The van der Waals surface area contributed by atoms with E-state index in [4.69, 9.17) is 10.5 Å². The first-order valence-corrected chi connectivity index (χ1v) is 0.954. The fourth-order valence-corrected chi connectivity index (χ4v) is 0. The third-order valence-corrected chi connectivity index (χ3v) is 0. The van der Waals surface area contributed by atoms with Gasteiger partial charge in [-0.2, -0.15) is 0 Å². The molecule has 1 N–H and O–H groups in total. The molecular formula is C3H7NOY-2. The summed E-state index contributed by atoms with van der Waals surface area (Å²) >= 11 is 0. The molecule has 0 unspecified atom stereocenters. The van der Waals surface area contributed by atoms with Gasteiger partial charge in [0.15, 0.2) is 0 Å². The summed E-state index contributed by atoms with van der Waals surface area (Å²) < 4.78 is 0. The maximum absolute atomic E-state index is 9.11. The first-order valence-electron chi connectivity index (χ1n) is 0.954. The summed E-state index contributed by atoms with van der Waals surface area (Å²) in [6.07, 6.45) is 0. The van der Waals surface area contributed by atoms with Gasteiger partial charge >= 0.3 is 0 Å². The van der Waals surface area contributed by atoms with Crippen molar-refractivity contribution in [3.8, 4) is 0 Å². The molecule has 1 radical (unpaired) electrons. The molecule has 0 fully saturated rings. The number of hydrogen-bond donors (Lipinski definition) is 0. The predicted octanol–water partition coefficient (Wildman–Crippen LogP) is 1.03. The van der Waals surface area contributed by atoms with Gasteiger partial charge in [0, 0.05) is 38.6 Å². The number of carbonyl (C=O) groups is 1. The third kappa shape index (κ3) is 177. The number of rotatable bonds is 0. The minimum atomic E-state index is -0.583. The molecule has 2 nitrogen and oxygen atoms in total. The molecular weight excluding hydrogens is 155 g/mol. The summed E-state index contributed by atoms with van der Waals surface area (Å²) in [4.78, 5) is 9.11. The van der Waals surface area contributed by atoms with E-state index >= 15 is 0 Å². The van der Waals surface area contributed by atoms with E-state index in [9.17, 15) is 0 Å². The number of hydrogen-bond acceptors (Lipinski definition) is 1. The van der Waals surface area contributed by atoms with Gasteiger partial charge in [-0.15, -0.1) is 0 Å². The SMILES string of the molecule is CC([NH-])=O.[CH3-].[Y]. The molecule has 0 aromatic carbocycles. The summed E-state index contributed by atoms with van der Waals surface area (Å²) in [6.45, 7) is 1.19. The van der Waals surface area contributed by atoms with Crippen LogP contribution in [0.15, 0.2) is 0 Å². The van der Waals surface area contributed by atoms with E-state index < -0.39 is 5.91 Å². The second-order valence-corrected chi connectivity index (χ2v) is 0.556. The summed E-state index contributed by atoms with van der Waals surface area (Å²) in [5.74, 6) is -0.583. The van der Waals surface area contributed by atoms with Crippen LogP contribution >= 0.6 is 0 Å². The van der Waals surface area contributed by atoms with E-state index in [0.29, 0.717) is 0 Å². The molecule has 0 rings (SSSR count). The Morgan fingerprint density at radius 2 is 1.67 bits per heavy atom. The smallest absolute Gasteiger partial charge is 0.0456 e. The van der Waals surface area contributed by atoms with Gasteiger partial charge in [-0.05, 0) is 6.92 Å². The maximum Gasteiger partial charge on any atom is 0.0456 e. The van der Waals surface area contributed by atoms with Crippen LogP contribution < -0.4 is 0 Å². The molecule has 0 aromatic rings. The summed E-state index contributed by atoms with van der Waals surface area (Å²) in [5.41, 5.74) is 5.94. The van der Waals surface area contributed by atoms with Crippen LogP contribution in [0, 0.1) is 7.43 Å². The molecule has 0 atom stereocenters. The largest absolute Gasteiger partial charge is 0.668 e. The first-order chi connectivity index (χ1) is 1.73. The zero-order valence-corrected chi connectivity index (χ0v) is 6.82. The van der Waals surface area contributed by atoms with Crippen LogP contribution in [-0.4, -0.2) is 5.91 Å². The maximum atomic E-state index is 9.11. The van der Waals surface area contributed by atoms with Crippen molar-refractivity contribution in [1.29, 1.82) is 0 Å². The van der Waals surface area contributed by atoms with Crippen LogP contribution in [-0.2, 0) is 37.5 Å². The van der Waals surface area contributed by atoms with Crippen molar-refractivity contribution in [3.05, 3.63) is 13.2 Å². The standard InChI is InChI=1S/C2H5NO.CH3.Y/c1-2(3)4;;/h1H3,(H2,3,4);1H3;/q;-1;/p-1. The van der Waals surface area contributed by atoms with Gasteiger partial charge in [-0.3, -0.25) is 0 Å². The molecule has 0 heterocycles. The van der Waals surface area contributed by atoms with Crippen LogP contribution in [0.1, 0.15) is 6.92 Å². The average Bonchev–Trinajstić information content (AvgIpc) is 0.811. The zero-order chi connectivity index (χ0) is 3.58. The van der Waals surface area contributed by atoms with E-state index in [1.54, 1.807) is 0 Å². The van der Waals surface area contributed by atoms with Crippen molar-refractivity contribution >= 4 is 5.91 Å². The summed E-state index contributed by atoms with van der Waals surface area (Å²) in [5, 5.41) is 0. The molecule has 0 saturated heterocycles. The van der Waals surface area contributed by atoms with Crippen molar-refractivity contribution < 1.29 is 37.5 Å². The predicted molar refractivity (Wildman–Crippen MR) is 21.4 cm³/mol. The Balaban J connectivity index is -0.0000000450. The molecule has 0 saturated carbocycles. The Bertz CT molecular complexity index is 33.8. The van der Waals surface area contributed by atoms with E-state index in [2.05, 4.69) is 0 Å². The van der Waals surface area contributed by atoms with Crippen LogP contribution in [0.5, 0.6) is 0 Å². The quantitative estimate of drug-likeness (QED) is 0.490. The Morgan fingerprint density at radius 3 is 1.67 bits per heavy atom. The van der Waals surface area contributed by atoms with Crippen molar-refractivity contribution in [3.63, 3.8) is 0 Å². The van der Waals surface area contributed by atoms with Gasteiger partial charge in [0.2, 0.25) is 0 Å². The van der Waals surface area contributed by atoms with Gasteiger partial charge in [-0.1, -0.05) is 0 Å². The molecule has 3 heteroatoms. The van der Waals surface area contributed by atoms with E-state index in [0.717, 1.165) is 0 Å². The molecule has 35 valence electrons. The molecule has 0 aliphatic rings. The van der Waals surface area contributed by atoms with Crippen molar-refractivity contribution in [1.82, 2.24) is 0 Å². The van der Waals surface area contributed by atoms with Gasteiger partial charge in [-0.25, -0.2) is 0 Å². The zero-order valence-electron chi connectivity index (χ0n) is 3.99. The Kier molecular flexibility index (Phi) is 24.3. The third-order valence-electron chi connectivity index (χ3n) is 0. The summed E-state index contributed by atoms with van der Waals surface area (Å²) in [7, 11) is 0. The molecule has 0 aliphatic carbocycles. The Morgan fingerprint density at radius 1 is 1.67 bits per heavy atom. The van der Waals surface area contributed by atoms with Crippen LogP contribution in [0.3, 0.4) is 0 Å². The van der Waals surface area contributed by atoms with Crippen LogP contribution in [0.25, 0.3) is 5.73 Å². The minimum absolute atomic E-state index is 0. The monoisotopic (exact) mass is 162 g/mol. The fraction of sp³-hybridized carbons (Fsp3) is 0.333. The fourth-order valence-electron chi connectivity index (χ4n) is 0. The minimum Gasteiger partial charge on any atom is -0.668 e. The molecule has 6 heavy (non-hydrogen) atoms. The van der Waals surface area contributed by atoms with Gasteiger partial charge in [0.05, 0.1) is 0 Å². The van der Waals surface area contributed by atoms with Crippen LogP contribution in [0.4, 0.5) is 0 Å². The number of carbonyl (C=O) groups excluding carboxylic acids is 1. The molecule has 0 spiro atoms. The van der Waals surface area contributed by atoms with E-state index in [-0.39, 0.29) is 40.1 Å². The van der Waals surface area contributed by atoms with Crippen molar-refractivity contribution in [2.45, 2.75) is 6.92 Å². The second-order valence-electron chi connectivity index (χ2n) is 0.556. The number of amides is 1. The Hall–Kier alpha value is 0.574. The van der Waals surface area contributed by atoms with E-state index in [1.165, 1.54) is 6.92 Å². The van der Waals surface area contributed by atoms with E-state index in [1.807, 2.05) is 0 Å². The molecule has 1 amide bonds. The Labute approximate surface area is 63.4 Å². The van der Waals surface area contributed by atoms with Gasteiger partial charge in [0.1, 0.15) is 0 Å². The normalized spacial score (nSPS) is 4.17. The van der Waals surface area contributed by atoms with Crippen molar-refractivity contribution in [2.75, 3.05) is 0 Å².